The van der Waals surface area contributed by atoms with Crippen LogP contribution in [-0.2, 0) is 27.2 Å². The minimum absolute atomic E-state index is 0.219. The van der Waals surface area contributed by atoms with Crippen molar-refractivity contribution >= 4 is 28.5 Å². The first-order valence-electron chi connectivity index (χ1n) is 14.2. The van der Waals surface area contributed by atoms with E-state index in [2.05, 4.69) is 0 Å². The van der Waals surface area contributed by atoms with Gasteiger partial charge >= 0.3 is 0 Å². The largest absolute Gasteiger partial charge is 0.332 e. The van der Waals surface area contributed by atoms with Crippen molar-refractivity contribution in [2.75, 3.05) is 35.2 Å². The summed E-state index contributed by atoms with van der Waals surface area (Å²) in [6, 6.07) is 22.1. The van der Waals surface area contributed by atoms with Crippen LogP contribution in [0.15, 0.2) is 84.9 Å². The number of likely N-dealkylation sites (N-methyl/N-ethyl adjacent to an activating group) is 3. The molecule has 0 saturated heterocycles. The van der Waals surface area contributed by atoms with Crippen LogP contribution in [0.1, 0.15) is 31.4 Å². The summed E-state index contributed by atoms with van der Waals surface area (Å²) in [6.07, 6.45) is 4.37. The number of amides is 3. The van der Waals surface area contributed by atoms with E-state index < -0.39 is 17.6 Å². The summed E-state index contributed by atoms with van der Waals surface area (Å²) in [6.45, 7) is 3.78. The summed E-state index contributed by atoms with van der Waals surface area (Å²) in [4.78, 5) is 44.3. The minimum atomic E-state index is -0.838. The number of carbonyl (C=O) groups is 3. The number of carbonyl (C=O) groups excluding carboxylic acids is 3. The Kier molecular flexibility index (Phi) is 11.0. The molecule has 3 rings (SSSR count). The lowest BCUT2D eigenvalue weighted by atomic mass is 9.98. The van der Waals surface area contributed by atoms with E-state index in [9.17, 15) is 14.4 Å². The van der Waals surface area contributed by atoms with E-state index in [0.29, 0.717) is 19.3 Å². The fourth-order valence-corrected chi connectivity index (χ4v) is 4.74. The molecule has 0 radical (unpaired) electrons. The molecule has 0 unspecified atom stereocenters. The van der Waals surface area contributed by atoms with Gasteiger partial charge in [0.15, 0.2) is 0 Å². The molecule has 3 aromatic rings. The maximum absolute atomic E-state index is 14.3. The highest BCUT2D eigenvalue weighted by Crippen LogP contribution is 2.20. The number of rotatable bonds is 12. The highest BCUT2D eigenvalue weighted by atomic mass is 16.2. The zero-order valence-corrected chi connectivity index (χ0v) is 25.9. The third kappa shape index (κ3) is 8.74. The van der Waals surface area contributed by atoms with Gasteiger partial charge in [0.05, 0.1) is 0 Å². The van der Waals surface area contributed by atoms with Crippen molar-refractivity contribution in [3.8, 4) is 0 Å². The van der Waals surface area contributed by atoms with Gasteiger partial charge in [-0.2, -0.15) is 0 Å². The molecule has 0 aliphatic heterocycles. The van der Waals surface area contributed by atoms with Gasteiger partial charge in [0.25, 0.3) is 5.91 Å². The van der Waals surface area contributed by atoms with E-state index in [-0.39, 0.29) is 17.7 Å². The van der Waals surface area contributed by atoms with Crippen LogP contribution in [0.5, 0.6) is 0 Å². The monoisotopic (exact) mass is 571 g/mol. The Hall–Kier alpha value is -4.01. The molecule has 42 heavy (non-hydrogen) atoms. The highest BCUT2D eigenvalue weighted by molar-refractivity contribution is 5.95. The second kappa shape index (κ2) is 14.2. The topological polar surface area (TPSA) is 90.2 Å². The number of hydrazine groups is 1. The van der Waals surface area contributed by atoms with Crippen LogP contribution in [0.25, 0.3) is 10.8 Å². The molecule has 0 bridgehead atoms. The van der Waals surface area contributed by atoms with E-state index in [1.165, 1.54) is 20.9 Å². The Morgan fingerprint density at radius 3 is 1.93 bits per heavy atom. The molecule has 0 heterocycles. The van der Waals surface area contributed by atoms with Gasteiger partial charge in [-0.05, 0) is 48.2 Å². The molecule has 0 fully saturated rings. The summed E-state index contributed by atoms with van der Waals surface area (Å²) < 4.78 is 0. The predicted molar refractivity (Wildman–Crippen MR) is 169 cm³/mol. The van der Waals surface area contributed by atoms with Crippen LogP contribution in [0.2, 0.25) is 0 Å². The van der Waals surface area contributed by atoms with Crippen LogP contribution >= 0.6 is 0 Å². The van der Waals surface area contributed by atoms with Crippen LogP contribution in [0.4, 0.5) is 0 Å². The molecule has 224 valence electrons. The number of fused-ring (bicyclic) bond motifs is 1. The Bertz CT molecular complexity index is 1400. The normalized spacial score (nSPS) is 13.3. The molecule has 2 N–H and O–H groups in total. The summed E-state index contributed by atoms with van der Waals surface area (Å²) >= 11 is 0. The molecule has 3 aromatic carbocycles. The average Bonchev–Trinajstić information content (AvgIpc) is 2.96. The fourth-order valence-electron chi connectivity index (χ4n) is 4.74. The van der Waals surface area contributed by atoms with Gasteiger partial charge in [-0.25, -0.2) is 5.01 Å². The van der Waals surface area contributed by atoms with Crippen LogP contribution < -0.4 is 5.73 Å². The third-order valence-electron chi connectivity index (χ3n) is 7.54. The van der Waals surface area contributed by atoms with Crippen molar-refractivity contribution in [1.82, 2.24) is 19.8 Å². The predicted octanol–water partition coefficient (Wildman–Crippen LogP) is 3.90. The van der Waals surface area contributed by atoms with E-state index in [0.717, 1.165) is 21.9 Å². The van der Waals surface area contributed by atoms with E-state index in [1.807, 2.05) is 86.6 Å². The lowest BCUT2D eigenvalue weighted by molar-refractivity contribution is -0.154. The number of nitrogens with two attached hydrogens (primary N) is 1. The first-order chi connectivity index (χ1) is 19.8. The highest BCUT2D eigenvalue weighted by Gasteiger charge is 2.36. The lowest BCUT2D eigenvalue weighted by Crippen LogP contribution is -2.57. The number of hydrogen-bond acceptors (Lipinski definition) is 5. The Morgan fingerprint density at radius 2 is 1.31 bits per heavy atom. The quantitative estimate of drug-likeness (QED) is 0.263. The Labute approximate surface area is 250 Å². The van der Waals surface area contributed by atoms with Crippen molar-refractivity contribution in [2.24, 2.45) is 5.73 Å². The second-order valence-electron chi connectivity index (χ2n) is 11.8. The molecule has 3 amide bonds. The minimum Gasteiger partial charge on any atom is -0.332 e. The summed E-state index contributed by atoms with van der Waals surface area (Å²) in [5, 5.41) is 5.34. The molecule has 0 aliphatic rings. The van der Waals surface area contributed by atoms with Gasteiger partial charge in [0, 0.05) is 53.6 Å². The smallest absolute Gasteiger partial charge is 0.259 e. The van der Waals surface area contributed by atoms with Crippen LogP contribution in [0, 0.1) is 0 Å². The molecular formula is C34H45N5O3. The zero-order chi connectivity index (χ0) is 31.0. The van der Waals surface area contributed by atoms with Gasteiger partial charge in [-0.1, -0.05) is 78.9 Å². The number of nitrogens with zero attached hydrogens (tertiary/aromatic N) is 4. The van der Waals surface area contributed by atoms with Crippen LogP contribution in [-0.4, -0.2) is 90.4 Å². The van der Waals surface area contributed by atoms with Crippen molar-refractivity contribution < 1.29 is 14.4 Å². The summed E-state index contributed by atoms with van der Waals surface area (Å²) in [5.41, 5.74) is 7.48. The summed E-state index contributed by atoms with van der Waals surface area (Å²) in [5.74, 6) is -0.834. The van der Waals surface area contributed by atoms with Gasteiger partial charge in [-0.3, -0.25) is 19.4 Å². The second-order valence-corrected chi connectivity index (χ2v) is 11.8. The molecule has 8 nitrogen and oxygen atoms in total. The van der Waals surface area contributed by atoms with Gasteiger partial charge in [0.1, 0.15) is 12.1 Å². The number of hydrogen-bond donors (Lipinski definition) is 1. The Morgan fingerprint density at radius 1 is 0.738 bits per heavy atom. The van der Waals surface area contributed by atoms with Crippen molar-refractivity contribution in [2.45, 2.75) is 50.7 Å². The summed E-state index contributed by atoms with van der Waals surface area (Å²) in [7, 11) is 8.53. The van der Waals surface area contributed by atoms with Gasteiger partial charge in [0.2, 0.25) is 11.8 Å². The first-order valence-corrected chi connectivity index (χ1v) is 14.2. The fraction of sp³-hybridized carbons (Fsp3) is 0.382. The molecule has 2 atom stereocenters. The number of benzene rings is 3. The molecule has 8 heteroatoms. The SMILES string of the molecule is CN(C(=O)/C=C\CC(C)(C)N)[C@H](Cc1ccc2ccccc2c1)C(=O)N(C)[C@H](Cc1ccccc1)C(=O)N(C)N(C)C. The Balaban J connectivity index is 1.98. The molecule has 0 aliphatic carbocycles. The van der Waals surface area contributed by atoms with E-state index in [1.54, 1.807) is 46.3 Å². The molecule has 0 spiro atoms. The average molecular weight is 572 g/mol. The maximum atomic E-state index is 14.3. The molecule has 0 saturated carbocycles. The van der Waals surface area contributed by atoms with Crippen molar-refractivity contribution in [3.63, 3.8) is 0 Å². The standard InChI is InChI=1S/C34H45N5O3/c1-34(2,35)21-13-18-31(40)37(5)29(24-26-19-20-27-16-11-12-17-28(27)22-26)32(41)38(6)30(33(42)39(7)36(3)4)23-25-14-9-8-10-15-25/h8-20,22,29-30H,21,23-24,35H2,1-7H3/b18-13-/t29-,30-/m1/s1. The van der Waals surface area contributed by atoms with Crippen molar-refractivity contribution in [1.29, 1.82) is 0 Å². The zero-order valence-electron chi connectivity index (χ0n) is 25.9. The van der Waals surface area contributed by atoms with E-state index >= 15 is 0 Å². The third-order valence-corrected chi connectivity index (χ3v) is 7.54. The van der Waals surface area contributed by atoms with Crippen molar-refractivity contribution in [3.05, 3.63) is 96.1 Å². The maximum Gasteiger partial charge on any atom is 0.259 e. The molecule has 0 aromatic heterocycles. The van der Waals surface area contributed by atoms with Gasteiger partial charge in [-0.15, -0.1) is 0 Å². The first kappa shape index (κ1) is 32.5. The molecular weight excluding hydrogens is 526 g/mol. The lowest BCUT2D eigenvalue weighted by Gasteiger charge is -2.37. The van der Waals surface area contributed by atoms with Crippen LogP contribution in [0.3, 0.4) is 0 Å². The van der Waals surface area contributed by atoms with Gasteiger partial charge < -0.3 is 15.5 Å². The van der Waals surface area contributed by atoms with E-state index in [4.69, 9.17) is 5.73 Å².